The predicted molar refractivity (Wildman–Crippen MR) is 122 cm³/mol. The van der Waals surface area contributed by atoms with Crippen LogP contribution in [0.15, 0.2) is 71.7 Å². The third-order valence-electron chi connectivity index (χ3n) is 5.69. The standard InChI is InChI=1S/C26H17F3N4O3/c27-26(28,29)23-8-6-19(14-31-23)36-22-7-5-16(11-18(22)13-30)15-35-24-12-21-20-4-2-1-3-17(20)9-10-33(21)25(34)32-24/h1-8,11-12,14H,9-10,15H2. The van der Waals surface area contributed by atoms with Gasteiger partial charge in [0.1, 0.15) is 29.9 Å². The van der Waals surface area contributed by atoms with Crippen LogP contribution in [0.1, 0.15) is 22.4 Å². The molecule has 0 radical (unpaired) electrons. The lowest BCUT2D eigenvalue weighted by Crippen LogP contribution is -2.28. The van der Waals surface area contributed by atoms with Gasteiger partial charge >= 0.3 is 11.9 Å². The second-order valence-electron chi connectivity index (χ2n) is 8.03. The highest BCUT2D eigenvalue weighted by molar-refractivity contribution is 5.66. The fraction of sp³-hybridized carbons (Fsp3) is 0.154. The SMILES string of the molecule is N#Cc1cc(COc2cc3n(c(=O)n2)CCc2ccccc2-3)ccc1Oc1ccc(C(F)(F)F)nc1. The molecule has 2 aromatic carbocycles. The number of pyridine rings is 1. The first kappa shape index (κ1) is 23.1. The van der Waals surface area contributed by atoms with Crippen LogP contribution in [-0.2, 0) is 25.7 Å². The molecular formula is C26H17F3N4O3. The molecule has 36 heavy (non-hydrogen) atoms. The number of rotatable bonds is 5. The van der Waals surface area contributed by atoms with Crippen LogP contribution in [0.2, 0.25) is 0 Å². The highest BCUT2D eigenvalue weighted by atomic mass is 19.4. The molecule has 10 heteroatoms. The fourth-order valence-electron chi connectivity index (χ4n) is 3.95. The van der Waals surface area contributed by atoms with Crippen molar-refractivity contribution >= 4 is 0 Å². The topological polar surface area (TPSA) is 90.0 Å². The van der Waals surface area contributed by atoms with E-state index in [0.29, 0.717) is 12.1 Å². The largest absolute Gasteiger partial charge is 0.473 e. The summed E-state index contributed by atoms with van der Waals surface area (Å²) in [5.74, 6) is 0.379. The summed E-state index contributed by atoms with van der Waals surface area (Å²) in [6, 6.07) is 18.2. The number of hydrogen-bond acceptors (Lipinski definition) is 6. The predicted octanol–water partition coefficient (Wildman–Crippen LogP) is 5.12. The van der Waals surface area contributed by atoms with E-state index in [-0.39, 0.29) is 29.5 Å². The zero-order valence-corrected chi connectivity index (χ0v) is 18.6. The summed E-state index contributed by atoms with van der Waals surface area (Å²) in [5, 5.41) is 9.53. The summed E-state index contributed by atoms with van der Waals surface area (Å²) >= 11 is 0. The van der Waals surface area contributed by atoms with Crippen LogP contribution in [0.4, 0.5) is 13.2 Å². The minimum atomic E-state index is -4.56. The van der Waals surface area contributed by atoms with Crippen LogP contribution in [0.5, 0.6) is 17.4 Å². The molecule has 0 N–H and O–H groups in total. The van der Waals surface area contributed by atoms with Crippen molar-refractivity contribution in [3.05, 3.63) is 99.7 Å². The number of aryl methyl sites for hydroxylation is 1. The Morgan fingerprint density at radius 3 is 2.67 bits per heavy atom. The summed E-state index contributed by atoms with van der Waals surface area (Å²) in [4.78, 5) is 19.9. The Morgan fingerprint density at radius 1 is 1.08 bits per heavy atom. The molecule has 0 bridgehead atoms. The van der Waals surface area contributed by atoms with E-state index in [1.165, 1.54) is 12.1 Å². The fourth-order valence-corrected chi connectivity index (χ4v) is 3.95. The average Bonchev–Trinajstić information content (AvgIpc) is 2.87. The molecule has 2 aromatic heterocycles. The van der Waals surface area contributed by atoms with E-state index in [1.807, 2.05) is 30.3 Å². The first-order valence-electron chi connectivity index (χ1n) is 10.9. The van der Waals surface area contributed by atoms with Crippen molar-refractivity contribution in [2.45, 2.75) is 25.7 Å². The Balaban J connectivity index is 1.33. The lowest BCUT2D eigenvalue weighted by atomic mass is 9.98. The van der Waals surface area contributed by atoms with Crippen LogP contribution < -0.4 is 15.2 Å². The Bertz CT molecular complexity index is 1540. The zero-order chi connectivity index (χ0) is 25.3. The summed E-state index contributed by atoms with van der Waals surface area (Å²) in [7, 11) is 0. The van der Waals surface area contributed by atoms with Gasteiger partial charge in [0.25, 0.3) is 0 Å². The van der Waals surface area contributed by atoms with Gasteiger partial charge in [-0.3, -0.25) is 4.57 Å². The Hall–Kier alpha value is -4.65. The average molecular weight is 490 g/mol. The molecular weight excluding hydrogens is 473 g/mol. The van der Waals surface area contributed by atoms with Gasteiger partial charge in [-0.05, 0) is 41.8 Å². The molecule has 0 spiro atoms. The summed E-state index contributed by atoms with van der Waals surface area (Å²) in [5.41, 5.74) is 2.17. The second-order valence-corrected chi connectivity index (χ2v) is 8.03. The van der Waals surface area contributed by atoms with Gasteiger partial charge in [-0.2, -0.15) is 23.4 Å². The van der Waals surface area contributed by atoms with Gasteiger partial charge in [-0.1, -0.05) is 30.3 Å². The van der Waals surface area contributed by atoms with Crippen LogP contribution in [0.25, 0.3) is 11.3 Å². The van der Waals surface area contributed by atoms with E-state index >= 15 is 0 Å². The molecule has 0 saturated heterocycles. The Labute approximate surface area is 203 Å². The van der Waals surface area contributed by atoms with Crippen molar-refractivity contribution in [1.82, 2.24) is 14.5 Å². The molecule has 3 heterocycles. The molecule has 1 aliphatic heterocycles. The van der Waals surface area contributed by atoms with E-state index in [0.717, 1.165) is 41.6 Å². The molecule has 0 fully saturated rings. The lowest BCUT2D eigenvalue weighted by Gasteiger charge is -2.21. The molecule has 7 nitrogen and oxygen atoms in total. The number of fused-ring (bicyclic) bond motifs is 3. The molecule has 0 unspecified atom stereocenters. The molecule has 0 aliphatic carbocycles. The number of aromatic nitrogens is 3. The minimum Gasteiger partial charge on any atom is -0.473 e. The summed E-state index contributed by atoms with van der Waals surface area (Å²) in [6.45, 7) is 0.578. The van der Waals surface area contributed by atoms with Gasteiger partial charge in [0, 0.05) is 18.2 Å². The number of hydrogen-bond donors (Lipinski definition) is 0. The van der Waals surface area contributed by atoms with E-state index < -0.39 is 17.6 Å². The van der Waals surface area contributed by atoms with E-state index in [2.05, 4.69) is 9.97 Å². The van der Waals surface area contributed by atoms with Crippen molar-refractivity contribution in [3.8, 4) is 34.7 Å². The molecule has 1 aliphatic rings. The number of benzene rings is 2. The number of halogens is 3. The third kappa shape index (κ3) is 4.63. The first-order chi connectivity index (χ1) is 17.3. The summed E-state index contributed by atoms with van der Waals surface area (Å²) < 4.78 is 51.0. The maximum atomic E-state index is 12.7. The number of alkyl halides is 3. The number of nitrogens with zero attached hydrogens (tertiary/aromatic N) is 4. The Morgan fingerprint density at radius 2 is 1.92 bits per heavy atom. The van der Waals surface area contributed by atoms with Crippen molar-refractivity contribution in [2.24, 2.45) is 0 Å². The smallest absolute Gasteiger partial charge is 0.433 e. The molecule has 0 saturated carbocycles. The van der Waals surface area contributed by atoms with Crippen LogP contribution >= 0.6 is 0 Å². The van der Waals surface area contributed by atoms with Gasteiger partial charge < -0.3 is 9.47 Å². The normalized spacial score (nSPS) is 12.3. The maximum absolute atomic E-state index is 12.7. The van der Waals surface area contributed by atoms with Crippen molar-refractivity contribution in [1.29, 1.82) is 5.26 Å². The number of ether oxygens (including phenoxy) is 2. The van der Waals surface area contributed by atoms with Crippen LogP contribution in [0, 0.1) is 11.3 Å². The van der Waals surface area contributed by atoms with Gasteiger partial charge in [-0.15, -0.1) is 0 Å². The van der Waals surface area contributed by atoms with E-state index in [4.69, 9.17) is 9.47 Å². The molecule has 4 aromatic rings. The van der Waals surface area contributed by atoms with Crippen molar-refractivity contribution < 1.29 is 22.6 Å². The lowest BCUT2D eigenvalue weighted by molar-refractivity contribution is -0.141. The van der Waals surface area contributed by atoms with Crippen molar-refractivity contribution in [3.63, 3.8) is 0 Å². The molecule has 0 atom stereocenters. The molecule has 180 valence electrons. The third-order valence-corrected chi connectivity index (χ3v) is 5.69. The van der Waals surface area contributed by atoms with Gasteiger partial charge in [-0.25, -0.2) is 9.78 Å². The Kier molecular flexibility index (Phi) is 5.90. The second kappa shape index (κ2) is 9.19. The molecule has 0 amide bonds. The quantitative estimate of drug-likeness (QED) is 0.386. The number of nitriles is 1. The summed E-state index contributed by atoms with van der Waals surface area (Å²) in [6.07, 6.45) is -2.86. The molecule has 5 rings (SSSR count). The zero-order valence-electron chi connectivity index (χ0n) is 18.6. The van der Waals surface area contributed by atoms with E-state index in [1.54, 1.807) is 16.7 Å². The first-order valence-corrected chi connectivity index (χ1v) is 10.9. The highest BCUT2D eigenvalue weighted by Gasteiger charge is 2.32. The van der Waals surface area contributed by atoms with Crippen molar-refractivity contribution in [2.75, 3.05) is 0 Å². The minimum absolute atomic E-state index is 0.0360. The monoisotopic (exact) mass is 490 g/mol. The highest BCUT2D eigenvalue weighted by Crippen LogP contribution is 2.31. The maximum Gasteiger partial charge on any atom is 0.433 e. The van der Waals surface area contributed by atoms with Crippen LogP contribution in [-0.4, -0.2) is 14.5 Å². The van der Waals surface area contributed by atoms with Crippen LogP contribution in [0.3, 0.4) is 0 Å². The van der Waals surface area contributed by atoms with Gasteiger partial charge in [0.2, 0.25) is 5.88 Å². The van der Waals surface area contributed by atoms with Gasteiger partial charge in [0.05, 0.1) is 17.5 Å². The van der Waals surface area contributed by atoms with E-state index in [9.17, 15) is 23.2 Å². The van der Waals surface area contributed by atoms with Gasteiger partial charge in [0.15, 0.2) is 0 Å².